The molecule has 0 aromatic heterocycles. The third-order valence-electron chi connectivity index (χ3n) is 1.52. The van der Waals surface area contributed by atoms with Gasteiger partial charge in [0.15, 0.2) is 0 Å². The van der Waals surface area contributed by atoms with Crippen LogP contribution in [-0.4, -0.2) is 18.3 Å². The van der Waals surface area contributed by atoms with E-state index in [1.54, 1.807) is 12.1 Å². The Kier molecular flexibility index (Phi) is 3.61. The minimum absolute atomic E-state index is 0.0274. The van der Waals surface area contributed by atoms with Crippen LogP contribution in [0.5, 0.6) is 5.75 Å². The van der Waals surface area contributed by atoms with Gasteiger partial charge in [0.05, 0.1) is 15.9 Å². The summed E-state index contributed by atoms with van der Waals surface area (Å²) in [6.45, 7) is 0.213. The molecule has 0 aliphatic heterocycles. The predicted octanol–water partition coefficient (Wildman–Crippen LogP) is 0.827. The molecule has 5 heteroatoms. The number of hydrogen-bond acceptors (Lipinski definition) is 4. The maximum absolute atomic E-state index is 8.55. The molecule has 0 radical (unpaired) electrons. The van der Waals surface area contributed by atoms with Crippen molar-refractivity contribution in [2.45, 2.75) is 0 Å². The lowest BCUT2D eigenvalue weighted by Crippen LogP contribution is -2.05. The van der Waals surface area contributed by atoms with Crippen molar-refractivity contribution >= 4 is 34.0 Å². The lowest BCUT2D eigenvalue weighted by molar-refractivity contribution is 0.202. The number of halogens is 1. The summed E-state index contributed by atoms with van der Waals surface area (Å²) in [6.07, 6.45) is 0. The molecule has 13 heavy (non-hydrogen) atoms. The van der Waals surface area contributed by atoms with Gasteiger partial charge in [-0.05, 0) is 34.7 Å². The number of ether oxygens (including phenoxy) is 1. The Morgan fingerprint density at radius 1 is 1.38 bits per heavy atom. The highest BCUT2D eigenvalue weighted by molar-refractivity contribution is 14.1. The number of benzene rings is 1. The molecule has 72 valence electrons. The molecule has 0 spiro atoms. The van der Waals surface area contributed by atoms with E-state index in [9.17, 15) is 0 Å². The minimum atomic E-state index is -0.0274. The van der Waals surface area contributed by atoms with Crippen LogP contribution in [0.15, 0.2) is 12.1 Å². The second-order valence-electron chi connectivity index (χ2n) is 2.45. The molecule has 0 fully saturated rings. The summed E-state index contributed by atoms with van der Waals surface area (Å²) >= 11 is 2.05. The van der Waals surface area contributed by atoms with Crippen LogP contribution in [-0.2, 0) is 0 Å². The van der Waals surface area contributed by atoms with Gasteiger partial charge in [0.2, 0.25) is 0 Å². The van der Waals surface area contributed by atoms with Crippen LogP contribution in [0.3, 0.4) is 0 Å². The van der Waals surface area contributed by atoms with E-state index in [4.69, 9.17) is 21.3 Å². The van der Waals surface area contributed by atoms with Gasteiger partial charge in [0.25, 0.3) is 0 Å². The van der Waals surface area contributed by atoms with E-state index in [0.29, 0.717) is 17.1 Å². The van der Waals surface area contributed by atoms with Gasteiger partial charge in [-0.3, -0.25) is 0 Å². The first-order valence-electron chi connectivity index (χ1n) is 3.74. The first-order valence-corrected chi connectivity index (χ1v) is 4.81. The summed E-state index contributed by atoms with van der Waals surface area (Å²) in [4.78, 5) is 0. The Labute approximate surface area is 90.0 Å². The van der Waals surface area contributed by atoms with Gasteiger partial charge >= 0.3 is 0 Å². The fourth-order valence-corrected chi connectivity index (χ4v) is 1.32. The van der Waals surface area contributed by atoms with Crippen LogP contribution < -0.4 is 16.2 Å². The molecule has 0 atom stereocenters. The summed E-state index contributed by atoms with van der Waals surface area (Å²) in [6, 6.07) is 3.42. The summed E-state index contributed by atoms with van der Waals surface area (Å²) < 4.78 is 5.97. The van der Waals surface area contributed by atoms with E-state index in [2.05, 4.69) is 22.6 Å². The van der Waals surface area contributed by atoms with Crippen molar-refractivity contribution in [2.24, 2.45) is 0 Å². The second-order valence-corrected chi connectivity index (χ2v) is 3.53. The van der Waals surface area contributed by atoms with Crippen LogP contribution >= 0.6 is 22.6 Å². The zero-order valence-corrected chi connectivity index (χ0v) is 9.11. The Balaban J connectivity index is 2.90. The van der Waals surface area contributed by atoms with E-state index in [0.717, 1.165) is 3.57 Å². The Morgan fingerprint density at radius 3 is 2.69 bits per heavy atom. The molecular formula is C8H11IN2O2. The van der Waals surface area contributed by atoms with Crippen LogP contribution in [0.4, 0.5) is 11.4 Å². The molecule has 4 nitrogen and oxygen atoms in total. The Bertz CT molecular complexity index is 304. The normalized spacial score (nSPS) is 10.0. The van der Waals surface area contributed by atoms with Crippen LogP contribution in [0, 0.1) is 3.57 Å². The molecule has 0 aliphatic carbocycles. The number of hydrogen-bond donors (Lipinski definition) is 3. The number of rotatable bonds is 3. The molecule has 5 N–H and O–H groups in total. The quantitative estimate of drug-likeness (QED) is 0.569. The lowest BCUT2D eigenvalue weighted by Gasteiger charge is -2.10. The van der Waals surface area contributed by atoms with Gasteiger partial charge in [-0.2, -0.15) is 0 Å². The molecule has 0 heterocycles. The van der Waals surface area contributed by atoms with Gasteiger partial charge in [0, 0.05) is 5.69 Å². The Hall–Kier alpha value is -0.690. The molecule has 1 rings (SSSR count). The zero-order valence-electron chi connectivity index (χ0n) is 6.96. The smallest absolute Gasteiger partial charge is 0.143 e. The molecule has 0 saturated heterocycles. The van der Waals surface area contributed by atoms with Gasteiger partial charge in [-0.25, -0.2) is 0 Å². The summed E-state index contributed by atoms with van der Waals surface area (Å²) in [5.41, 5.74) is 12.5. The summed E-state index contributed by atoms with van der Waals surface area (Å²) in [5.74, 6) is 0.563. The number of anilines is 2. The number of nitrogens with two attached hydrogens (primary N) is 2. The van der Waals surface area contributed by atoms with Crippen molar-refractivity contribution in [3.63, 3.8) is 0 Å². The van der Waals surface area contributed by atoms with Gasteiger partial charge in [-0.1, -0.05) is 0 Å². The standard InChI is InChI=1S/C8H11IN2O2/c9-7-5(10)1-2-6(8(7)11)13-4-3-12/h1-2,12H,3-4,10-11H2. The molecule has 0 unspecified atom stereocenters. The third-order valence-corrected chi connectivity index (χ3v) is 2.72. The molecule has 0 aliphatic rings. The van der Waals surface area contributed by atoms with Crippen molar-refractivity contribution in [1.29, 1.82) is 0 Å². The van der Waals surface area contributed by atoms with Crippen molar-refractivity contribution < 1.29 is 9.84 Å². The topological polar surface area (TPSA) is 81.5 Å². The van der Waals surface area contributed by atoms with Crippen LogP contribution in [0.1, 0.15) is 0 Å². The van der Waals surface area contributed by atoms with E-state index in [-0.39, 0.29) is 13.2 Å². The first kappa shape index (κ1) is 10.4. The molecule has 1 aromatic carbocycles. The highest BCUT2D eigenvalue weighted by Crippen LogP contribution is 2.30. The monoisotopic (exact) mass is 294 g/mol. The number of nitrogen functional groups attached to an aromatic ring is 2. The maximum Gasteiger partial charge on any atom is 0.143 e. The van der Waals surface area contributed by atoms with Crippen molar-refractivity contribution in [3.8, 4) is 5.75 Å². The lowest BCUT2D eigenvalue weighted by atomic mass is 10.2. The predicted molar refractivity (Wildman–Crippen MR) is 60.6 cm³/mol. The fourth-order valence-electron chi connectivity index (χ4n) is 0.874. The largest absolute Gasteiger partial charge is 0.489 e. The highest BCUT2D eigenvalue weighted by atomic mass is 127. The highest BCUT2D eigenvalue weighted by Gasteiger charge is 2.06. The van der Waals surface area contributed by atoms with E-state index in [1.165, 1.54) is 0 Å². The van der Waals surface area contributed by atoms with Crippen molar-refractivity contribution in [1.82, 2.24) is 0 Å². The fraction of sp³-hybridized carbons (Fsp3) is 0.250. The molecule has 0 bridgehead atoms. The first-order chi connectivity index (χ1) is 6.16. The SMILES string of the molecule is Nc1ccc(OCCO)c(N)c1I. The third kappa shape index (κ3) is 2.38. The van der Waals surface area contributed by atoms with Crippen LogP contribution in [0.2, 0.25) is 0 Å². The van der Waals surface area contributed by atoms with E-state index >= 15 is 0 Å². The molecular weight excluding hydrogens is 283 g/mol. The van der Waals surface area contributed by atoms with E-state index < -0.39 is 0 Å². The average Bonchev–Trinajstić information content (AvgIpc) is 2.13. The second kappa shape index (κ2) is 4.52. The number of aliphatic hydroxyl groups excluding tert-OH is 1. The summed E-state index contributed by atoms with van der Waals surface area (Å²) in [7, 11) is 0. The molecule has 0 amide bonds. The van der Waals surface area contributed by atoms with Crippen molar-refractivity contribution in [3.05, 3.63) is 15.7 Å². The zero-order chi connectivity index (χ0) is 9.84. The molecule has 1 aromatic rings. The van der Waals surface area contributed by atoms with Gasteiger partial charge in [-0.15, -0.1) is 0 Å². The number of aliphatic hydroxyl groups is 1. The Morgan fingerprint density at radius 2 is 2.08 bits per heavy atom. The maximum atomic E-state index is 8.55. The van der Waals surface area contributed by atoms with Crippen LogP contribution in [0.25, 0.3) is 0 Å². The molecule has 0 saturated carbocycles. The van der Waals surface area contributed by atoms with Crippen molar-refractivity contribution in [2.75, 3.05) is 24.7 Å². The summed E-state index contributed by atoms with van der Waals surface area (Å²) in [5, 5.41) is 8.55. The van der Waals surface area contributed by atoms with E-state index in [1.807, 2.05) is 0 Å². The van der Waals surface area contributed by atoms with Gasteiger partial charge in [0.1, 0.15) is 12.4 Å². The van der Waals surface area contributed by atoms with Gasteiger partial charge < -0.3 is 21.3 Å². The average molecular weight is 294 g/mol. The minimum Gasteiger partial charge on any atom is -0.489 e.